The van der Waals surface area contributed by atoms with Gasteiger partial charge in [0.25, 0.3) is 0 Å². The van der Waals surface area contributed by atoms with E-state index in [1.807, 2.05) is 12.1 Å². The Morgan fingerprint density at radius 2 is 2.10 bits per heavy atom. The molecular formula is C14H25N3O3. The van der Waals surface area contributed by atoms with Gasteiger partial charge in [-0.05, 0) is 18.6 Å². The van der Waals surface area contributed by atoms with Gasteiger partial charge >= 0.3 is 0 Å². The predicted octanol–water partition coefficient (Wildman–Crippen LogP) is 1.04. The van der Waals surface area contributed by atoms with Gasteiger partial charge in [0, 0.05) is 40.3 Å². The fraction of sp³-hybridized carbons (Fsp3) is 0.643. The largest absolute Gasteiger partial charge is 0.469 e. The third kappa shape index (κ3) is 7.81. The number of nitrogens with zero attached hydrogens (tertiary/aromatic N) is 1. The summed E-state index contributed by atoms with van der Waals surface area (Å²) in [7, 11) is 3.43. The first-order valence-corrected chi connectivity index (χ1v) is 6.90. The van der Waals surface area contributed by atoms with Crippen molar-refractivity contribution in [1.29, 1.82) is 0 Å². The molecule has 0 aliphatic rings. The molecule has 6 nitrogen and oxygen atoms in total. The zero-order valence-corrected chi connectivity index (χ0v) is 12.4. The minimum atomic E-state index is 0.642. The summed E-state index contributed by atoms with van der Waals surface area (Å²) in [4.78, 5) is 4.16. The molecule has 0 aliphatic carbocycles. The van der Waals surface area contributed by atoms with E-state index in [4.69, 9.17) is 13.9 Å². The fourth-order valence-corrected chi connectivity index (χ4v) is 1.60. The molecule has 0 saturated carbocycles. The van der Waals surface area contributed by atoms with Gasteiger partial charge < -0.3 is 24.5 Å². The van der Waals surface area contributed by atoms with Crippen LogP contribution in [-0.4, -0.2) is 53.0 Å². The summed E-state index contributed by atoms with van der Waals surface area (Å²) in [5.74, 6) is 1.77. The maximum absolute atomic E-state index is 5.38. The SMILES string of the molecule is CN=C(NCCCOCCOC)NCCc1ccco1. The molecule has 20 heavy (non-hydrogen) atoms. The Bertz CT molecular complexity index is 353. The van der Waals surface area contributed by atoms with Crippen LogP contribution in [0.25, 0.3) is 0 Å². The second-order valence-electron chi connectivity index (χ2n) is 4.21. The number of hydrogen-bond donors (Lipinski definition) is 2. The zero-order valence-electron chi connectivity index (χ0n) is 12.4. The molecule has 0 fully saturated rings. The van der Waals surface area contributed by atoms with Crippen LogP contribution < -0.4 is 10.6 Å². The number of aliphatic imine (C=N–C) groups is 1. The number of ether oxygens (including phenoxy) is 2. The van der Waals surface area contributed by atoms with Crippen molar-refractivity contribution in [1.82, 2.24) is 10.6 Å². The molecule has 114 valence electrons. The van der Waals surface area contributed by atoms with Crippen LogP contribution in [0.15, 0.2) is 27.8 Å². The number of guanidine groups is 1. The lowest BCUT2D eigenvalue weighted by molar-refractivity contribution is 0.0698. The van der Waals surface area contributed by atoms with Crippen molar-refractivity contribution in [2.45, 2.75) is 12.8 Å². The minimum Gasteiger partial charge on any atom is -0.469 e. The molecule has 0 radical (unpaired) electrons. The molecule has 0 spiro atoms. The molecule has 1 rings (SSSR count). The highest BCUT2D eigenvalue weighted by atomic mass is 16.5. The lowest BCUT2D eigenvalue weighted by atomic mass is 10.3. The van der Waals surface area contributed by atoms with Gasteiger partial charge in [-0.1, -0.05) is 0 Å². The average Bonchev–Trinajstić information content (AvgIpc) is 2.97. The third-order valence-corrected chi connectivity index (χ3v) is 2.66. The smallest absolute Gasteiger partial charge is 0.190 e. The van der Waals surface area contributed by atoms with Crippen LogP contribution in [0.5, 0.6) is 0 Å². The molecule has 1 aromatic heterocycles. The van der Waals surface area contributed by atoms with E-state index in [0.29, 0.717) is 13.2 Å². The monoisotopic (exact) mass is 283 g/mol. The fourth-order valence-electron chi connectivity index (χ4n) is 1.60. The highest BCUT2D eigenvalue weighted by molar-refractivity contribution is 5.79. The number of hydrogen-bond acceptors (Lipinski definition) is 4. The van der Waals surface area contributed by atoms with Crippen molar-refractivity contribution in [2.24, 2.45) is 4.99 Å². The van der Waals surface area contributed by atoms with Crippen molar-refractivity contribution >= 4 is 5.96 Å². The summed E-state index contributed by atoms with van der Waals surface area (Å²) < 4.78 is 15.6. The van der Waals surface area contributed by atoms with E-state index in [2.05, 4.69) is 15.6 Å². The zero-order chi connectivity index (χ0) is 14.5. The van der Waals surface area contributed by atoms with Crippen molar-refractivity contribution in [3.8, 4) is 0 Å². The second-order valence-corrected chi connectivity index (χ2v) is 4.21. The summed E-state index contributed by atoms with van der Waals surface area (Å²) in [6.45, 7) is 3.63. The Hall–Kier alpha value is -1.53. The van der Waals surface area contributed by atoms with Crippen LogP contribution >= 0.6 is 0 Å². The van der Waals surface area contributed by atoms with E-state index in [-0.39, 0.29) is 0 Å². The summed E-state index contributed by atoms with van der Waals surface area (Å²) in [6.07, 6.45) is 3.46. The Morgan fingerprint density at radius 3 is 2.80 bits per heavy atom. The summed E-state index contributed by atoms with van der Waals surface area (Å²) in [6, 6.07) is 3.86. The van der Waals surface area contributed by atoms with Gasteiger partial charge in [0.2, 0.25) is 0 Å². The highest BCUT2D eigenvalue weighted by Gasteiger charge is 1.99. The molecular weight excluding hydrogens is 258 g/mol. The van der Waals surface area contributed by atoms with E-state index in [1.165, 1.54) is 0 Å². The van der Waals surface area contributed by atoms with E-state index >= 15 is 0 Å². The summed E-state index contributed by atoms with van der Waals surface area (Å²) >= 11 is 0. The van der Waals surface area contributed by atoms with Crippen LogP contribution in [0, 0.1) is 0 Å². The van der Waals surface area contributed by atoms with Crippen LogP contribution in [0.2, 0.25) is 0 Å². The van der Waals surface area contributed by atoms with E-state index in [1.54, 1.807) is 20.4 Å². The number of rotatable bonds is 10. The van der Waals surface area contributed by atoms with E-state index in [0.717, 1.165) is 44.3 Å². The molecule has 1 heterocycles. The van der Waals surface area contributed by atoms with Crippen LogP contribution in [-0.2, 0) is 15.9 Å². The first-order valence-electron chi connectivity index (χ1n) is 6.90. The summed E-state index contributed by atoms with van der Waals surface area (Å²) in [5.41, 5.74) is 0. The van der Waals surface area contributed by atoms with Crippen LogP contribution in [0.1, 0.15) is 12.2 Å². The van der Waals surface area contributed by atoms with Crippen molar-refractivity contribution in [3.63, 3.8) is 0 Å². The molecule has 2 N–H and O–H groups in total. The van der Waals surface area contributed by atoms with Crippen LogP contribution in [0.3, 0.4) is 0 Å². The van der Waals surface area contributed by atoms with Crippen molar-refractivity contribution < 1.29 is 13.9 Å². The van der Waals surface area contributed by atoms with Gasteiger partial charge in [0.1, 0.15) is 5.76 Å². The maximum Gasteiger partial charge on any atom is 0.190 e. The Kier molecular flexibility index (Phi) is 9.34. The number of nitrogens with one attached hydrogen (secondary N) is 2. The number of furan rings is 1. The molecule has 0 unspecified atom stereocenters. The van der Waals surface area contributed by atoms with Crippen LogP contribution in [0.4, 0.5) is 0 Å². The molecule has 0 atom stereocenters. The molecule has 1 aromatic rings. The molecule has 0 saturated heterocycles. The van der Waals surface area contributed by atoms with Gasteiger partial charge in [-0.3, -0.25) is 4.99 Å². The lowest BCUT2D eigenvalue weighted by Gasteiger charge is -2.11. The highest BCUT2D eigenvalue weighted by Crippen LogP contribution is 1.99. The van der Waals surface area contributed by atoms with Crippen molar-refractivity contribution in [2.75, 3.05) is 47.1 Å². The van der Waals surface area contributed by atoms with Crippen molar-refractivity contribution in [3.05, 3.63) is 24.2 Å². The first kappa shape index (κ1) is 16.5. The van der Waals surface area contributed by atoms with Gasteiger partial charge in [-0.2, -0.15) is 0 Å². The third-order valence-electron chi connectivity index (χ3n) is 2.66. The molecule has 0 bridgehead atoms. The Labute approximate surface area is 120 Å². The second kappa shape index (κ2) is 11.3. The van der Waals surface area contributed by atoms with Gasteiger partial charge in [-0.25, -0.2) is 0 Å². The predicted molar refractivity (Wildman–Crippen MR) is 79.1 cm³/mol. The number of methoxy groups -OCH3 is 1. The molecule has 0 aromatic carbocycles. The lowest BCUT2D eigenvalue weighted by Crippen LogP contribution is -2.39. The normalized spacial score (nSPS) is 11.6. The topological polar surface area (TPSA) is 68.0 Å². The maximum atomic E-state index is 5.38. The summed E-state index contributed by atoms with van der Waals surface area (Å²) in [5, 5.41) is 6.47. The quantitative estimate of drug-likeness (QED) is 0.381. The molecule has 6 heteroatoms. The minimum absolute atomic E-state index is 0.642. The Balaban J connectivity index is 1.99. The van der Waals surface area contributed by atoms with Gasteiger partial charge in [0.15, 0.2) is 5.96 Å². The Morgan fingerprint density at radius 1 is 1.25 bits per heavy atom. The van der Waals surface area contributed by atoms with E-state index < -0.39 is 0 Å². The molecule has 0 amide bonds. The van der Waals surface area contributed by atoms with E-state index in [9.17, 15) is 0 Å². The van der Waals surface area contributed by atoms with Gasteiger partial charge in [0.05, 0.1) is 19.5 Å². The standard InChI is InChI=1S/C14H25N3O3/c1-15-14(16-7-4-9-19-12-11-18-2)17-8-6-13-5-3-10-20-13/h3,5,10H,4,6-9,11-12H2,1-2H3,(H2,15,16,17). The van der Waals surface area contributed by atoms with Gasteiger partial charge in [-0.15, -0.1) is 0 Å². The molecule has 0 aliphatic heterocycles. The average molecular weight is 283 g/mol. The first-order chi connectivity index (χ1) is 9.86.